The molecule has 1 fully saturated rings. The zero-order valence-electron chi connectivity index (χ0n) is 21.3. The first-order valence-corrected chi connectivity index (χ1v) is 12.7. The van der Waals surface area contributed by atoms with Gasteiger partial charge in [-0.2, -0.15) is 18.3 Å². The minimum absolute atomic E-state index is 0.156. The maximum absolute atomic E-state index is 13.7. The van der Waals surface area contributed by atoms with Crippen LogP contribution < -0.4 is 5.32 Å². The number of benzene rings is 2. The first kappa shape index (κ1) is 27.5. The first-order valence-electron chi connectivity index (χ1n) is 12.3. The molecule has 3 heterocycles. The van der Waals surface area contributed by atoms with Crippen LogP contribution in [0.25, 0.3) is 11.0 Å². The summed E-state index contributed by atoms with van der Waals surface area (Å²) in [4.78, 5) is 36.7. The van der Waals surface area contributed by atoms with Gasteiger partial charge in [0.25, 0.3) is 11.8 Å². The Morgan fingerprint density at radius 2 is 1.80 bits per heavy atom. The van der Waals surface area contributed by atoms with E-state index in [0.29, 0.717) is 28.6 Å². The molecule has 4 aromatic rings. The summed E-state index contributed by atoms with van der Waals surface area (Å²) in [6, 6.07) is 8.23. The van der Waals surface area contributed by atoms with Gasteiger partial charge >= 0.3 is 6.18 Å². The lowest BCUT2D eigenvalue weighted by Crippen LogP contribution is -2.51. The summed E-state index contributed by atoms with van der Waals surface area (Å²) in [5.41, 5.74) is 0.262. The normalized spacial score (nSPS) is 17.7. The Kier molecular flexibility index (Phi) is 7.21. The van der Waals surface area contributed by atoms with Crippen LogP contribution in [0.4, 0.5) is 17.6 Å². The maximum Gasteiger partial charge on any atom is 0.435 e. The minimum Gasteiger partial charge on any atom is -0.347 e. The molecule has 1 N–H and O–H groups in total. The van der Waals surface area contributed by atoms with E-state index in [9.17, 15) is 27.2 Å². The Bertz CT molecular complexity index is 1610. The van der Waals surface area contributed by atoms with Crippen molar-refractivity contribution in [3.8, 4) is 0 Å². The molecule has 0 radical (unpaired) electrons. The number of fused-ring (bicyclic) bond motifs is 1. The highest BCUT2D eigenvalue weighted by Gasteiger charge is 2.40. The molecule has 1 aliphatic heterocycles. The third-order valence-corrected chi connectivity index (χ3v) is 7.34. The second-order valence-corrected chi connectivity index (χ2v) is 10.0. The van der Waals surface area contributed by atoms with Crippen LogP contribution in [-0.4, -0.2) is 55.6 Å². The molecule has 0 bridgehead atoms. The summed E-state index contributed by atoms with van der Waals surface area (Å²) in [7, 11) is 1.27. The minimum atomic E-state index is -4.71. The molecular weight excluding hydrogens is 552 g/mol. The van der Waals surface area contributed by atoms with E-state index >= 15 is 0 Å². The number of piperidine rings is 1. The van der Waals surface area contributed by atoms with E-state index < -0.39 is 35.6 Å². The van der Waals surface area contributed by atoms with Crippen molar-refractivity contribution in [1.29, 1.82) is 0 Å². The molecule has 2 atom stereocenters. The highest BCUT2D eigenvalue weighted by Crippen LogP contribution is 2.33. The monoisotopic (exact) mass is 574 g/mol. The van der Waals surface area contributed by atoms with Crippen LogP contribution in [0.1, 0.15) is 50.0 Å². The first-order chi connectivity index (χ1) is 18.9. The van der Waals surface area contributed by atoms with Crippen LogP contribution in [0.2, 0.25) is 5.02 Å². The van der Waals surface area contributed by atoms with Gasteiger partial charge in [-0.05, 0) is 43.2 Å². The fourth-order valence-electron chi connectivity index (χ4n) is 5.15. The zero-order chi connectivity index (χ0) is 28.8. The van der Waals surface area contributed by atoms with Crippen molar-refractivity contribution in [2.24, 2.45) is 7.05 Å². The maximum atomic E-state index is 13.7. The van der Waals surface area contributed by atoms with E-state index in [0.717, 1.165) is 4.68 Å². The summed E-state index contributed by atoms with van der Waals surface area (Å²) in [6.07, 6.45) is -1.42. The molecule has 1 aliphatic rings. The average molecular weight is 575 g/mol. The SMILES string of the molecule is Cc1c(C(F)(F)F)nn(C)c1C(=O)N[C@@H]1CCN(C(=O)c2cc(Cl)c3nccnc3c2)C[C@@H]1c1ccc(F)cc1. The van der Waals surface area contributed by atoms with Crippen LogP contribution in [0, 0.1) is 12.7 Å². The predicted molar refractivity (Wildman–Crippen MR) is 138 cm³/mol. The molecule has 5 rings (SSSR count). The van der Waals surface area contributed by atoms with Crippen molar-refractivity contribution in [3.05, 3.63) is 87.7 Å². The Hall–Kier alpha value is -4.06. The van der Waals surface area contributed by atoms with E-state index in [-0.39, 0.29) is 35.3 Å². The van der Waals surface area contributed by atoms with Gasteiger partial charge < -0.3 is 10.2 Å². The van der Waals surface area contributed by atoms with Crippen molar-refractivity contribution < 1.29 is 27.2 Å². The lowest BCUT2D eigenvalue weighted by atomic mass is 9.85. The molecule has 40 heavy (non-hydrogen) atoms. The third-order valence-electron chi connectivity index (χ3n) is 7.06. The van der Waals surface area contributed by atoms with Crippen molar-refractivity contribution >= 4 is 34.4 Å². The predicted octanol–water partition coefficient (Wildman–Crippen LogP) is 4.91. The van der Waals surface area contributed by atoms with E-state index in [2.05, 4.69) is 20.4 Å². The number of likely N-dealkylation sites (tertiary alicyclic amines) is 1. The summed E-state index contributed by atoms with van der Waals surface area (Å²) >= 11 is 6.34. The summed E-state index contributed by atoms with van der Waals surface area (Å²) in [5, 5.41) is 6.61. The number of aromatic nitrogens is 4. The Morgan fingerprint density at radius 3 is 2.48 bits per heavy atom. The van der Waals surface area contributed by atoms with Crippen LogP contribution in [0.15, 0.2) is 48.8 Å². The number of nitrogens with one attached hydrogen (secondary N) is 1. The molecule has 0 spiro atoms. The molecule has 2 aromatic carbocycles. The fraction of sp³-hybridized carbons (Fsp3) is 0.296. The number of rotatable bonds is 4. The van der Waals surface area contributed by atoms with Crippen molar-refractivity contribution in [2.45, 2.75) is 31.5 Å². The molecule has 0 aliphatic carbocycles. The molecule has 2 aromatic heterocycles. The van der Waals surface area contributed by atoms with Gasteiger partial charge in [-0.3, -0.25) is 24.2 Å². The van der Waals surface area contributed by atoms with Crippen molar-refractivity contribution in [1.82, 2.24) is 30.0 Å². The smallest absolute Gasteiger partial charge is 0.347 e. The number of hydrogen-bond acceptors (Lipinski definition) is 5. The quantitative estimate of drug-likeness (QED) is 0.350. The molecule has 208 valence electrons. The van der Waals surface area contributed by atoms with Crippen molar-refractivity contribution in [2.75, 3.05) is 13.1 Å². The largest absolute Gasteiger partial charge is 0.435 e. The number of aryl methyl sites for hydroxylation is 1. The molecule has 1 saturated heterocycles. The second-order valence-electron chi connectivity index (χ2n) is 9.60. The summed E-state index contributed by atoms with van der Waals surface area (Å²) < 4.78 is 54.7. The number of hydrogen-bond donors (Lipinski definition) is 1. The van der Waals surface area contributed by atoms with Gasteiger partial charge in [0.2, 0.25) is 0 Å². The standard InChI is InChI=1S/C27H23ClF4N6O2/c1-14-23(37(2)36-24(14)27(30,31)32)25(39)35-20-7-10-38(13-18(20)15-3-5-17(29)6-4-15)26(40)16-11-19(28)22-21(12-16)33-8-9-34-22/h3-6,8-9,11-12,18,20H,7,10,13H2,1-2H3,(H,35,39)/t18-,20-/m1/s1. The third kappa shape index (κ3) is 5.23. The van der Waals surface area contributed by atoms with Gasteiger partial charge in [-0.25, -0.2) is 4.39 Å². The van der Waals surface area contributed by atoms with Gasteiger partial charge in [0.05, 0.1) is 10.5 Å². The Morgan fingerprint density at radius 1 is 1.10 bits per heavy atom. The van der Waals surface area contributed by atoms with E-state index in [1.807, 2.05) is 0 Å². The van der Waals surface area contributed by atoms with Crippen molar-refractivity contribution in [3.63, 3.8) is 0 Å². The van der Waals surface area contributed by atoms with Gasteiger partial charge in [0.1, 0.15) is 17.0 Å². The topological polar surface area (TPSA) is 93.0 Å². The van der Waals surface area contributed by atoms with Gasteiger partial charge in [-0.15, -0.1) is 0 Å². The molecular formula is C27H23ClF4N6O2. The van der Waals surface area contributed by atoms with Crippen LogP contribution in [0.5, 0.6) is 0 Å². The number of halogens is 5. The second kappa shape index (κ2) is 10.5. The zero-order valence-corrected chi connectivity index (χ0v) is 22.1. The van der Waals surface area contributed by atoms with E-state index in [1.54, 1.807) is 23.1 Å². The highest BCUT2D eigenvalue weighted by molar-refractivity contribution is 6.35. The van der Waals surface area contributed by atoms with E-state index in [1.165, 1.54) is 44.6 Å². The average Bonchev–Trinajstić information content (AvgIpc) is 3.23. The molecule has 2 amide bonds. The molecule has 0 unspecified atom stereocenters. The van der Waals surface area contributed by atoms with E-state index in [4.69, 9.17) is 11.6 Å². The Labute approximate surface area is 231 Å². The van der Waals surface area contributed by atoms with Gasteiger partial charge in [0.15, 0.2) is 5.69 Å². The van der Waals surface area contributed by atoms with Crippen LogP contribution >= 0.6 is 11.6 Å². The van der Waals surface area contributed by atoms with Gasteiger partial charge in [0, 0.05) is 55.6 Å². The molecule has 0 saturated carbocycles. The number of carbonyl (C=O) groups is 2. The van der Waals surface area contributed by atoms with Gasteiger partial charge in [-0.1, -0.05) is 23.7 Å². The number of alkyl halides is 3. The lowest BCUT2D eigenvalue weighted by molar-refractivity contribution is -0.141. The number of carbonyl (C=O) groups excluding carboxylic acids is 2. The summed E-state index contributed by atoms with van der Waals surface area (Å²) in [6.45, 7) is 1.60. The summed E-state index contributed by atoms with van der Waals surface area (Å²) in [5.74, 6) is -1.97. The lowest BCUT2D eigenvalue weighted by Gasteiger charge is -2.39. The Balaban J connectivity index is 1.43. The molecule has 8 nitrogen and oxygen atoms in total. The fourth-order valence-corrected chi connectivity index (χ4v) is 5.41. The number of nitrogens with zero attached hydrogens (tertiary/aromatic N) is 5. The molecule has 13 heteroatoms. The number of amides is 2. The van der Waals surface area contributed by atoms with Crippen LogP contribution in [0.3, 0.4) is 0 Å². The van der Waals surface area contributed by atoms with Crippen LogP contribution in [-0.2, 0) is 13.2 Å². The highest BCUT2D eigenvalue weighted by atomic mass is 35.5.